The number of ether oxygens (including phenoxy) is 2. The van der Waals surface area contributed by atoms with E-state index in [9.17, 15) is 29.4 Å². The lowest BCUT2D eigenvalue weighted by molar-refractivity contribution is -0.134. The number of nitrogens with two attached hydrogens (primary N) is 1. The quantitative estimate of drug-likeness (QED) is 0.0939. The molecule has 1 aliphatic heterocycles. The minimum Gasteiger partial charge on any atom is -0.502 e. The number of methoxy groups -OCH3 is 2. The Labute approximate surface area is 336 Å². The Morgan fingerprint density at radius 3 is 2.05 bits per heavy atom. The Hall–Kier alpha value is -6.28. The Morgan fingerprint density at radius 1 is 0.930 bits per heavy atom. The third-order valence-corrected chi connectivity index (χ3v) is 10.3. The number of carbonyl (C=O) groups excluding carboxylic acids is 3. The summed E-state index contributed by atoms with van der Waals surface area (Å²) in [6.07, 6.45) is 0.728. The average molecular weight is 794 g/mol. The van der Waals surface area contributed by atoms with E-state index in [0.717, 1.165) is 28.5 Å². The van der Waals surface area contributed by atoms with Gasteiger partial charge in [-0.25, -0.2) is 9.79 Å². The van der Waals surface area contributed by atoms with E-state index in [0.29, 0.717) is 11.3 Å². The standard InChI is InChI=1S/C43H47N5O8S/c1-43(2,3)47(42(53)54)22-12-17-33(39(51)46-32(38(44)50)23-27-18-20-30(21-19-27)29-13-8-6-9-14-29)48-40(52)36(57-41(48)45-31-15-10-7-11-16-31)26-28-24-34(55-4)37(49)35(25-28)56-5/h6-11,13-16,18-21,24-26,32-33,49H,12,17,22-23H2,1-5H3,(H2,44,50)(H,46,51)(H,53,54)/b36-26-,45-41?/t32-,33-/m0/s1. The van der Waals surface area contributed by atoms with Crippen LogP contribution in [0, 0.1) is 0 Å². The van der Waals surface area contributed by atoms with E-state index in [-0.39, 0.29) is 53.1 Å². The number of nitrogens with one attached hydrogen (secondary N) is 1. The third-order valence-electron chi connectivity index (χ3n) is 9.29. The van der Waals surface area contributed by atoms with Crippen molar-refractivity contribution in [2.75, 3.05) is 20.8 Å². The molecule has 0 saturated carbocycles. The molecule has 1 aliphatic rings. The van der Waals surface area contributed by atoms with Crippen molar-refractivity contribution >= 4 is 52.5 Å². The number of amidine groups is 1. The maximum atomic E-state index is 14.5. The number of carboxylic acid groups (broad SMARTS) is 1. The van der Waals surface area contributed by atoms with Gasteiger partial charge in [-0.05, 0) is 98.0 Å². The molecule has 14 heteroatoms. The van der Waals surface area contributed by atoms with E-state index in [1.165, 1.54) is 36.2 Å². The first-order chi connectivity index (χ1) is 27.2. The maximum Gasteiger partial charge on any atom is 0.407 e. The molecule has 1 saturated heterocycles. The molecule has 13 nitrogen and oxygen atoms in total. The van der Waals surface area contributed by atoms with Crippen LogP contribution in [0.5, 0.6) is 17.2 Å². The largest absolute Gasteiger partial charge is 0.502 e. The van der Waals surface area contributed by atoms with Gasteiger partial charge in [-0.3, -0.25) is 19.3 Å². The van der Waals surface area contributed by atoms with Crippen LogP contribution in [0.25, 0.3) is 17.2 Å². The molecule has 1 fully saturated rings. The van der Waals surface area contributed by atoms with Crippen molar-refractivity contribution in [1.82, 2.24) is 15.1 Å². The Bertz CT molecular complexity index is 2110. The fraction of sp³-hybridized carbons (Fsp3) is 0.279. The van der Waals surface area contributed by atoms with E-state index in [1.807, 2.05) is 60.7 Å². The minimum absolute atomic E-state index is 0.0111. The second kappa shape index (κ2) is 18.6. The number of phenols is 1. The molecule has 4 aromatic rings. The normalized spacial score (nSPS) is 15.3. The van der Waals surface area contributed by atoms with Crippen molar-refractivity contribution in [1.29, 1.82) is 0 Å². The highest BCUT2D eigenvalue weighted by atomic mass is 32.2. The summed E-state index contributed by atoms with van der Waals surface area (Å²) in [5, 5.41) is 23.5. The summed E-state index contributed by atoms with van der Waals surface area (Å²) in [6, 6.07) is 27.0. The molecule has 4 amide bonds. The summed E-state index contributed by atoms with van der Waals surface area (Å²) >= 11 is 1.04. The molecule has 298 valence electrons. The van der Waals surface area contributed by atoms with Gasteiger partial charge in [0.2, 0.25) is 17.6 Å². The smallest absolute Gasteiger partial charge is 0.407 e. The summed E-state index contributed by atoms with van der Waals surface area (Å²) in [7, 11) is 2.78. The first-order valence-electron chi connectivity index (χ1n) is 18.3. The molecule has 0 radical (unpaired) electrons. The van der Waals surface area contributed by atoms with Crippen LogP contribution in [0.1, 0.15) is 44.7 Å². The number of phenolic OH excluding ortho intramolecular Hbond substituents is 1. The molecule has 0 unspecified atom stereocenters. The first-order valence-corrected chi connectivity index (χ1v) is 19.1. The lowest BCUT2D eigenvalue weighted by Crippen LogP contribution is -2.55. The molecule has 0 spiro atoms. The highest BCUT2D eigenvalue weighted by Gasteiger charge is 2.42. The van der Waals surface area contributed by atoms with Crippen LogP contribution >= 0.6 is 11.8 Å². The van der Waals surface area contributed by atoms with E-state index in [2.05, 4.69) is 5.32 Å². The van der Waals surface area contributed by atoms with E-state index < -0.39 is 41.4 Å². The zero-order valence-corrected chi connectivity index (χ0v) is 33.3. The number of nitrogens with zero attached hydrogens (tertiary/aromatic N) is 3. The SMILES string of the molecule is COc1cc(/C=C2\SC(=Nc3ccccc3)N([C@@H](CCCN(C(=O)O)C(C)(C)C)C(=O)N[C@@H](Cc3ccc(-c4ccccc4)cc3)C(N)=O)C2=O)cc(OC)c1O. The lowest BCUT2D eigenvalue weighted by Gasteiger charge is -2.34. The van der Waals surface area contributed by atoms with Gasteiger partial charge in [-0.15, -0.1) is 0 Å². The summed E-state index contributed by atoms with van der Waals surface area (Å²) in [6.45, 7) is 5.37. The summed E-state index contributed by atoms with van der Waals surface area (Å²) < 4.78 is 10.6. The zero-order valence-electron chi connectivity index (χ0n) is 32.5. The van der Waals surface area contributed by atoms with Crippen molar-refractivity contribution in [2.24, 2.45) is 10.7 Å². The first kappa shape index (κ1) is 41.9. The molecule has 4 aromatic carbocycles. The van der Waals surface area contributed by atoms with Crippen LogP contribution in [-0.2, 0) is 20.8 Å². The molecule has 0 aromatic heterocycles. The number of thioether (sulfide) groups is 1. The van der Waals surface area contributed by atoms with Gasteiger partial charge >= 0.3 is 6.09 Å². The summed E-state index contributed by atoms with van der Waals surface area (Å²) in [5.41, 5.74) is 8.87. The molecule has 57 heavy (non-hydrogen) atoms. The Balaban J connectivity index is 1.52. The third kappa shape index (κ3) is 10.5. The fourth-order valence-electron chi connectivity index (χ4n) is 6.33. The van der Waals surface area contributed by atoms with Crippen molar-refractivity contribution in [3.05, 3.63) is 113 Å². The van der Waals surface area contributed by atoms with Gasteiger partial charge in [-0.2, -0.15) is 0 Å². The number of primary amides is 1. The van der Waals surface area contributed by atoms with E-state index in [4.69, 9.17) is 20.2 Å². The van der Waals surface area contributed by atoms with Crippen molar-refractivity contribution in [3.63, 3.8) is 0 Å². The fourth-order valence-corrected chi connectivity index (χ4v) is 7.37. The topological polar surface area (TPSA) is 184 Å². The van der Waals surface area contributed by atoms with Crippen molar-refractivity contribution < 1.29 is 38.9 Å². The van der Waals surface area contributed by atoms with Crippen molar-refractivity contribution in [3.8, 4) is 28.4 Å². The number of hydrogen-bond acceptors (Lipinski definition) is 9. The number of aliphatic imine (C=N–C) groups is 1. The number of carbonyl (C=O) groups is 4. The van der Waals surface area contributed by atoms with Crippen LogP contribution in [-0.4, -0.2) is 87.4 Å². The van der Waals surface area contributed by atoms with Crippen LogP contribution in [0.15, 0.2) is 107 Å². The van der Waals surface area contributed by atoms with Gasteiger partial charge in [0.05, 0.1) is 24.8 Å². The minimum atomic E-state index is -1.24. The number of rotatable bonds is 15. The van der Waals surface area contributed by atoms with E-state index >= 15 is 0 Å². The Kier molecular flexibility index (Phi) is 13.6. The molecule has 2 atom stereocenters. The maximum absolute atomic E-state index is 14.5. The van der Waals surface area contributed by atoms with Gasteiger partial charge in [0.15, 0.2) is 16.7 Å². The molecular weight excluding hydrogens is 747 g/mol. The van der Waals surface area contributed by atoms with Gasteiger partial charge in [-0.1, -0.05) is 72.8 Å². The van der Waals surface area contributed by atoms with Crippen LogP contribution in [0.4, 0.5) is 10.5 Å². The van der Waals surface area contributed by atoms with Gasteiger partial charge in [0.25, 0.3) is 5.91 Å². The Morgan fingerprint density at radius 2 is 1.51 bits per heavy atom. The number of hydrogen-bond donors (Lipinski definition) is 4. The molecule has 5 rings (SSSR count). The number of para-hydroxylation sites is 1. The average Bonchev–Trinajstić information content (AvgIpc) is 3.47. The monoisotopic (exact) mass is 793 g/mol. The van der Waals surface area contributed by atoms with Crippen LogP contribution in [0.3, 0.4) is 0 Å². The number of benzene rings is 4. The molecule has 0 bridgehead atoms. The predicted molar refractivity (Wildman–Crippen MR) is 221 cm³/mol. The highest BCUT2D eigenvalue weighted by Crippen LogP contribution is 2.41. The summed E-state index contributed by atoms with van der Waals surface area (Å²) in [4.78, 5) is 61.7. The van der Waals surface area contributed by atoms with Crippen LogP contribution < -0.4 is 20.5 Å². The van der Waals surface area contributed by atoms with Gasteiger partial charge < -0.3 is 35.6 Å². The summed E-state index contributed by atoms with van der Waals surface area (Å²) in [5.74, 6) is -1.95. The second-order valence-corrected chi connectivity index (χ2v) is 15.3. The zero-order chi connectivity index (χ0) is 41.3. The van der Waals surface area contributed by atoms with Crippen molar-refractivity contribution in [2.45, 2.75) is 57.7 Å². The number of amides is 4. The van der Waals surface area contributed by atoms with Crippen LogP contribution in [0.2, 0.25) is 0 Å². The van der Waals surface area contributed by atoms with Gasteiger partial charge in [0.1, 0.15) is 12.1 Å². The molecular formula is C43H47N5O8S. The molecule has 1 heterocycles. The second-order valence-electron chi connectivity index (χ2n) is 14.3. The van der Waals surface area contributed by atoms with Gasteiger partial charge in [0, 0.05) is 18.5 Å². The highest BCUT2D eigenvalue weighted by molar-refractivity contribution is 8.18. The number of aromatic hydroxyl groups is 1. The molecule has 0 aliphatic carbocycles. The van der Waals surface area contributed by atoms with E-state index in [1.54, 1.807) is 51.1 Å². The molecule has 5 N–H and O–H groups in total. The predicted octanol–water partition coefficient (Wildman–Crippen LogP) is 6.82. The lowest BCUT2D eigenvalue weighted by atomic mass is 9.99.